The quantitative estimate of drug-likeness (QED) is 0.599. The summed E-state index contributed by atoms with van der Waals surface area (Å²) in [4.78, 5) is 19.4. The molecule has 1 aliphatic heterocycles. The number of hydrogen-bond donors (Lipinski definition) is 1. The van der Waals surface area contributed by atoms with Crippen LogP contribution in [0.4, 0.5) is 0 Å². The predicted octanol–water partition coefficient (Wildman–Crippen LogP) is 3.66. The Kier molecular flexibility index (Phi) is 6.94. The van der Waals surface area contributed by atoms with Gasteiger partial charge in [0, 0.05) is 18.7 Å². The van der Waals surface area contributed by atoms with Crippen LogP contribution in [-0.2, 0) is 17.9 Å². The van der Waals surface area contributed by atoms with Crippen LogP contribution in [-0.4, -0.2) is 40.6 Å². The molecule has 7 nitrogen and oxygen atoms in total. The molecule has 1 aromatic heterocycles. The van der Waals surface area contributed by atoms with E-state index in [2.05, 4.69) is 20.4 Å². The SMILES string of the molecule is CCOc1ccc(CNC(=O)C2CCCN(Cc3nc(-c4ccccc4)no3)C2)cc1. The van der Waals surface area contributed by atoms with Gasteiger partial charge in [0.25, 0.3) is 0 Å². The van der Waals surface area contributed by atoms with Gasteiger partial charge in [0.15, 0.2) is 0 Å². The first kappa shape index (κ1) is 21.1. The maximum absolute atomic E-state index is 12.7. The van der Waals surface area contributed by atoms with E-state index in [4.69, 9.17) is 9.26 Å². The fraction of sp³-hybridized carbons (Fsp3) is 0.375. The van der Waals surface area contributed by atoms with Crippen molar-refractivity contribution < 1.29 is 14.1 Å². The molecule has 1 fully saturated rings. The van der Waals surface area contributed by atoms with Crippen molar-refractivity contribution in [3.63, 3.8) is 0 Å². The van der Waals surface area contributed by atoms with E-state index in [0.717, 1.165) is 36.3 Å². The molecule has 2 aromatic carbocycles. The molecule has 0 aliphatic carbocycles. The highest BCUT2D eigenvalue weighted by atomic mass is 16.5. The molecule has 0 spiro atoms. The van der Waals surface area contributed by atoms with Gasteiger partial charge in [-0.15, -0.1) is 0 Å². The second kappa shape index (κ2) is 10.2. The molecule has 0 saturated carbocycles. The molecule has 4 rings (SSSR count). The molecular weight excluding hydrogens is 392 g/mol. The van der Waals surface area contributed by atoms with Gasteiger partial charge in [-0.2, -0.15) is 4.98 Å². The number of benzene rings is 2. The molecule has 3 aromatic rings. The van der Waals surface area contributed by atoms with Gasteiger partial charge in [-0.3, -0.25) is 9.69 Å². The van der Waals surface area contributed by atoms with E-state index in [-0.39, 0.29) is 11.8 Å². The Morgan fingerprint density at radius 1 is 1.19 bits per heavy atom. The van der Waals surface area contributed by atoms with E-state index < -0.39 is 0 Å². The Morgan fingerprint density at radius 3 is 2.77 bits per heavy atom. The standard InChI is InChI=1S/C24H28N4O3/c1-2-30-21-12-10-18(11-13-21)15-25-24(29)20-9-6-14-28(16-20)17-22-26-23(27-31-22)19-7-4-3-5-8-19/h3-5,7-8,10-13,20H,2,6,9,14-17H2,1H3,(H,25,29). The summed E-state index contributed by atoms with van der Waals surface area (Å²) in [6.45, 7) is 5.30. The van der Waals surface area contributed by atoms with Crippen LogP contribution in [0.2, 0.25) is 0 Å². The molecule has 162 valence electrons. The third-order valence-corrected chi connectivity index (χ3v) is 5.44. The molecule has 1 atom stereocenters. The lowest BCUT2D eigenvalue weighted by molar-refractivity contribution is -0.127. The number of nitrogens with zero attached hydrogens (tertiary/aromatic N) is 3. The first-order valence-corrected chi connectivity index (χ1v) is 10.8. The third kappa shape index (κ3) is 5.70. The number of aromatic nitrogens is 2. The van der Waals surface area contributed by atoms with Crippen molar-refractivity contribution in [2.45, 2.75) is 32.9 Å². The lowest BCUT2D eigenvalue weighted by Gasteiger charge is -2.30. The minimum Gasteiger partial charge on any atom is -0.494 e. The van der Waals surface area contributed by atoms with E-state index in [1.54, 1.807) is 0 Å². The highest BCUT2D eigenvalue weighted by molar-refractivity contribution is 5.79. The van der Waals surface area contributed by atoms with Crippen molar-refractivity contribution in [2.24, 2.45) is 5.92 Å². The predicted molar refractivity (Wildman–Crippen MR) is 117 cm³/mol. The molecule has 7 heteroatoms. The summed E-state index contributed by atoms with van der Waals surface area (Å²) in [5, 5.41) is 7.16. The largest absolute Gasteiger partial charge is 0.494 e. The summed E-state index contributed by atoms with van der Waals surface area (Å²) in [5.74, 6) is 2.07. The number of hydrogen-bond acceptors (Lipinski definition) is 6. The molecule has 0 radical (unpaired) electrons. The zero-order valence-electron chi connectivity index (χ0n) is 17.8. The van der Waals surface area contributed by atoms with Gasteiger partial charge < -0.3 is 14.6 Å². The first-order valence-electron chi connectivity index (χ1n) is 10.8. The monoisotopic (exact) mass is 420 g/mol. The third-order valence-electron chi connectivity index (χ3n) is 5.44. The van der Waals surface area contributed by atoms with Crippen LogP contribution in [0.15, 0.2) is 59.1 Å². The van der Waals surface area contributed by atoms with Crippen LogP contribution >= 0.6 is 0 Å². The number of piperidine rings is 1. The number of carbonyl (C=O) groups excluding carboxylic acids is 1. The Morgan fingerprint density at radius 2 is 2.00 bits per heavy atom. The summed E-state index contributed by atoms with van der Waals surface area (Å²) in [6, 6.07) is 17.6. The van der Waals surface area contributed by atoms with E-state index in [0.29, 0.717) is 38.0 Å². The minimum atomic E-state index is -0.0343. The van der Waals surface area contributed by atoms with Gasteiger partial charge in [0.1, 0.15) is 5.75 Å². The number of carbonyl (C=O) groups is 1. The van der Waals surface area contributed by atoms with Crippen molar-refractivity contribution in [1.82, 2.24) is 20.4 Å². The van der Waals surface area contributed by atoms with Gasteiger partial charge in [0.2, 0.25) is 17.6 Å². The molecule has 1 saturated heterocycles. The van der Waals surface area contributed by atoms with Crippen LogP contribution in [0.1, 0.15) is 31.2 Å². The average Bonchev–Trinajstić information content (AvgIpc) is 3.28. The fourth-order valence-corrected chi connectivity index (χ4v) is 3.83. The topological polar surface area (TPSA) is 80.5 Å². The smallest absolute Gasteiger partial charge is 0.241 e. The van der Waals surface area contributed by atoms with E-state index in [1.807, 2.05) is 61.5 Å². The normalized spacial score (nSPS) is 16.7. The van der Waals surface area contributed by atoms with Crippen LogP contribution in [0.3, 0.4) is 0 Å². The Balaban J connectivity index is 1.28. The maximum Gasteiger partial charge on any atom is 0.241 e. The lowest BCUT2D eigenvalue weighted by atomic mass is 9.97. The van der Waals surface area contributed by atoms with Crippen molar-refractivity contribution in [3.8, 4) is 17.1 Å². The Hall–Kier alpha value is -3.19. The van der Waals surface area contributed by atoms with E-state index >= 15 is 0 Å². The van der Waals surface area contributed by atoms with Crippen molar-refractivity contribution in [3.05, 3.63) is 66.1 Å². The van der Waals surface area contributed by atoms with Crippen LogP contribution in [0.25, 0.3) is 11.4 Å². The zero-order valence-corrected chi connectivity index (χ0v) is 17.8. The highest BCUT2D eigenvalue weighted by Crippen LogP contribution is 2.20. The number of amides is 1. The second-order valence-electron chi connectivity index (χ2n) is 7.75. The summed E-state index contributed by atoms with van der Waals surface area (Å²) in [6.07, 6.45) is 1.87. The summed E-state index contributed by atoms with van der Waals surface area (Å²) < 4.78 is 10.9. The molecule has 1 unspecified atom stereocenters. The molecule has 1 N–H and O–H groups in total. The van der Waals surface area contributed by atoms with Crippen LogP contribution in [0.5, 0.6) is 5.75 Å². The highest BCUT2D eigenvalue weighted by Gasteiger charge is 2.26. The summed E-state index contributed by atoms with van der Waals surface area (Å²) in [7, 11) is 0. The summed E-state index contributed by atoms with van der Waals surface area (Å²) >= 11 is 0. The average molecular weight is 421 g/mol. The number of rotatable bonds is 8. The molecule has 1 amide bonds. The Labute approximate surface area is 182 Å². The summed E-state index contributed by atoms with van der Waals surface area (Å²) in [5.41, 5.74) is 1.99. The van der Waals surface area contributed by atoms with Gasteiger partial charge in [-0.25, -0.2) is 0 Å². The van der Waals surface area contributed by atoms with Gasteiger partial charge in [-0.1, -0.05) is 47.6 Å². The van der Waals surface area contributed by atoms with Gasteiger partial charge in [-0.05, 0) is 44.0 Å². The van der Waals surface area contributed by atoms with Crippen molar-refractivity contribution in [1.29, 1.82) is 0 Å². The lowest BCUT2D eigenvalue weighted by Crippen LogP contribution is -2.42. The number of nitrogens with one attached hydrogen (secondary N) is 1. The maximum atomic E-state index is 12.7. The molecular formula is C24H28N4O3. The van der Waals surface area contributed by atoms with E-state index in [1.165, 1.54) is 0 Å². The van der Waals surface area contributed by atoms with Crippen molar-refractivity contribution >= 4 is 5.91 Å². The van der Waals surface area contributed by atoms with Gasteiger partial charge >= 0.3 is 0 Å². The molecule has 0 bridgehead atoms. The number of ether oxygens (including phenoxy) is 1. The number of likely N-dealkylation sites (tertiary alicyclic amines) is 1. The first-order chi connectivity index (χ1) is 15.2. The molecule has 2 heterocycles. The molecule has 31 heavy (non-hydrogen) atoms. The second-order valence-corrected chi connectivity index (χ2v) is 7.75. The van der Waals surface area contributed by atoms with Crippen LogP contribution < -0.4 is 10.1 Å². The van der Waals surface area contributed by atoms with Gasteiger partial charge in [0.05, 0.1) is 19.1 Å². The zero-order chi connectivity index (χ0) is 21.5. The molecule has 1 aliphatic rings. The fourth-order valence-electron chi connectivity index (χ4n) is 3.83. The minimum absolute atomic E-state index is 0.0343. The van der Waals surface area contributed by atoms with E-state index in [9.17, 15) is 4.79 Å². The Bertz CT molecular complexity index is 972. The van der Waals surface area contributed by atoms with Crippen LogP contribution in [0, 0.1) is 5.92 Å². The van der Waals surface area contributed by atoms with Crippen molar-refractivity contribution in [2.75, 3.05) is 19.7 Å².